The predicted octanol–water partition coefficient (Wildman–Crippen LogP) is 2.91. The Labute approximate surface area is 122 Å². The Morgan fingerprint density at radius 1 is 1.19 bits per heavy atom. The largest absolute Gasteiger partial charge is 0.386 e. The van der Waals surface area contributed by atoms with Crippen LogP contribution in [-0.4, -0.2) is 24.9 Å². The summed E-state index contributed by atoms with van der Waals surface area (Å²) >= 11 is 0. The van der Waals surface area contributed by atoms with Gasteiger partial charge in [-0.1, -0.05) is 18.2 Å². The van der Waals surface area contributed by atoms with Gasteiger partial charge in [0.1, 0.15) is 0 Å². The summed E-state index contributed by atoms with van der Waals surface area (Å²) in [7, 11) is 3.40. The van der Waals surface area contributed by atoms with E-state index in [0.29, 0.717) is 5.69 Å². The third-order valence-electron chi connectivity index (χ3n) is 3.14. The van der Waals surface area contributed by atoms with Crippen molar-refractivity contribution >= 4 is 23.0 Å². The molecule has 6 nitrogen and oxygen atoms in total. The molecule has 0 radical (unpaired) electrons. The highest BCUT2D eigenvalue weighted by molar-refractivity contribution is 6.07. The molecule has 0 heterocycles. The van der Waals surface area contributed by atoms with E-state index in [9.17, 15) is 14.9 Å². The number of carbonyl (C=O) groups excluding carboxylic acids is 1. The molecule has 2 aromatic carbocycles. The van der Waals surface area contributed by atoms with E-state index in [2.05, 4.69) is 5.32 Å². The van der Waals surface area contributed by atoms with Crippen LogP contribution in [0.1, 0.15) is 10.4 Å². The third-order valence-corrected chi connectivity index (χ3v) is 3.14. The maximum Gasteiger partial charge on any atom is 0.270 e. The molecule has 108 valence electrons. The number of hydrogen-bond donors (Lipinski definition) is 1. The molecule has 0 atom stereocenters. The van der Waals surface area contributed by atoms with Crippen molar-refractivity contribution in [3.63, 3.8) is 0 Å². The van der Waals surface area contributed by atoms with E-state index in [1.54, 1.807) is 26.2 Å². The van der Waals surface area contributed by atoms with Gasteiger partial charge in [0, 0.05) is 31.8 Å². The number of rotatable bonds is 4. The van der Waals surface area contributed by atoms with Crippen LogP contribution >= 0.6 is 0 Å². The highest BCUT2D eigenvalue weighted by Crippen LogP contribution is 2.26. The lowest BCUT2D eigenvalue weighted by Crippen LogP contribution is -2.26. The van der Waals surface area contributed by atoms with Gasteiger partial charge in [0.05, 0.1) is 16.3 Å². The molecule has 0 aliphatic carbocycles. The molecule has 0 unspecified atom stereocenters. The molecule has 0 aromatic heterocycles. The Morgan fingerprint density at radius 3 is 2.57 bits per heavy atom. The summed E-state index contributed by atoms with van der Waals surface area (Å²) in [6.45, 7) is 0. The molecule has 0 aliphatic heterocycles. The highest BCUT2D eigenvalue weighted by Gasteiger charge is 2.18. The van der Waals surface area contributed by atoms with Gasteiger partial charge in [0.2, 0.25) is 0 Å². The van der Waals surface area contributed by atoms with Crippen LogP contribution in [0.2, 0.25) is 0 Å². The van der Waals surface area contributed by atoms with Crippen molar-refractivity contribution in [1.82, 2.24) is 0 Å². The molecule has 6 heteroatoms. The lowest BCUT2D eigenvalue weighted by atomic mass is 10.1. The topological polar surface area (TPSA) is 75.5 Å². The summed E-state index contributed by atoms with van der Waals surface area (Å²) < 4.78 is 0. The van der Waals surface area contributed by atoms with Crippen LogP contribution in [0.15, 0.2) is 48.5 Å². The maximum absolute atomic E-state index is 12.5. The van der Waals surface area contributed by atoms with Crippen LogP contribution < -0.4 is 10.2 Å². The van der Waals surface area contributed by atoms with Gasteiger partial charge in [0.15, 0.2) is 0 Å². The number of nitrogens with one attached hydrogen (secondary N) is 1. The molecule has 21 heavy (non-hydrogen) atoms. The normalized spacial score (nSPS) is 10.0. The molecule has 0 fully saturated rings. The first kappa shape index (κ1) is 14.5. The molecule has 1 N–H and O–H groups in total. The van der Waals surface area contributed by atoms with Crippen LogP contribution in [0.4, 0.5) is 17.1 Å². The fraction of sp³-hybridized carbons (Fsp3) is 0.133. The van der Waals surface area contributed by atoms with Crippen molar-refractivity contribution in [3.05, 3.63) is 64.2 Å². The van der Waals surface area contributed by atoms with E-state index >= 15 is 0 Å². The second kappa shape index (κ2) is 6.04. The van der Waals surface area contributed by atoms with Crippen molar-refractivity contribution in [2.75, 3.05) is 24.3 Å². The first-order valence-electron chi connectivity index (χ1n) is 6.34. The Kier molecular flexibility index (Phi) is 4.18. The van der Waals surface area contributed by atoms with Gasteiger partial charge in [-0.2, -0.15) is 0 Å². The lowest BCUT2D eigenvalue weighted by molar-refractivity contribution is -0.384. The predicted molar refractivity (Wildman–Crippen MR) is 81.8 cm³/mol. The summed E-state index contributed by atoms with van der Waals surface area (Å²) in [4.78, 5) is 24.2. The van der Waals surface area contributed by atoms with E-state index in [0.717, 1.165) is 5.69 Å². The van der Waals surface area contributed by atoms with Gasteiger partial charge < -0.3 is 10.2 Å². The fourth-order valence-corrected chi connectivity index (χ4v) is 2.03. The molecular weight excluding hydrogens is 270 g/mol. The van der Waals surface area contributed by atoms with Gasteiger partial charge in [-0.25, -0.2) is 0 Å². The van der Waals surface area contributed by atoms with Gasteiger partial charge >= 0.3 is 0 Å². The zero-order valence-corrected chi connectivity index (χ0v) is 11.7. The van der Waals surface area contributed by atoms with E-state index in [1.165, 1.54) is 23.1 Å². The van der Waals surface area contributed by atoms with Gasteiger partial charge in [-0.3, -0.25) is 14.9 Å². The zero-order valence-electron chi connectivity index (χ0n) is 11.7. The van der Waals surface area contributed by atoms with Crippen molar-refractivity contribution < 1.29 is 9.72 Å². The van der Waals surface area contributed by atoms with Gasteiger partial charge in [-0.15, -0.1) is 0 Å². The van der Waals surface area contributed by atoms with Crippen molar-refractivity contribution in [3.8, 4) is 0 Å². The standard InChI is InChI=1S/C15H15N3O3/c1-16-13-8-3-4-9-14(13)17(2)15(19)11-6-5-7-12(10-11)18(20)21/h3-10,16H,1-2H3. The molecule has 1 amide bonds. The number of anilines is 2. The van der Waals surface area contributed by atoms with Crippen LogP contribution in [-0.2, 0) is 0 Å². The molecule has 2 aromatic rings. The second-order valence-electron chi connectivity index (χ2n) is 4.44. The summed E-state index contributed by atoms with van der Waals surface area (Å²) in [5.74, 6) is -0.304. The Bertz CT molecular complexity index is 685. The summed E-state index contributed by atoms with van der Waals surface area (Å²) in [5, 5.41) is 13.8. The highest BCUT2D eigenvalue weighted by atomic mass is 16.6. The number of nitro groups is 1. The Balaban J connectivity index is 2.35. The van der Waals surface area contributed by atoms with Crippen LogP contribution in [0.5, 0.6) is 0 Å². The van der Waals surface area contributed by atoms with Crippen molar-refractivity contribution in [2.45, 2.75) is 0 Å². The zero-order chi connectivity index (χ0) is 15.4. The maximum atomic E-state index is 12.5. The SMILES string of the molecule is CNc1ccccc1N(C)C(=O)c1cccc([N+](=O)[O-])c1. The van der Waals surface area contributed by atoms with Gasteiger partial charge in [-0.05, 0) is 18.2 Å². The average molecular weight is 285 g/mol. The lowest BCUT2D eigenvalue weighted by Gasteiger charge is -2.20. The number of nitro benzene ring substituents is 1. The molecule has 0 saturated carbocycles. The van der Waals surface area contributed by atoms with E-state index in [4.69, 9.17) is 0 Å². The number of benzene rings is 2. The minimum atomic E-state index is -0.516. The first-order valence-corrected chi connectivity index (χ1v) is 6.34. The first-order chi connectivity index (χ1) is 10.0. The van der Waals surface area contributed by atoms with E-state index < -0.39 is 4.92 Å². The second-order valence-corrected chi connectivity index (χ2v) is 4.44. The molecule has 0 spiro atoms. The Hall–Kier alpha value is -2.89. The number of nitrogens with zero attached hydrogens (tertiary/aromatic N) is 2. The quantitative estimate of drug-likeness (QED) is 0.692. The average Bonchev–Trinajstić information content (AvgIpc) is 2.53. The number of amides is 1. The number of para-hydroxylation sites is 2. The van der Waals surface area contributed by atoms with Crippen molar-refractivity contribution in [2.24, 2.45) is 0 Å². The van der Waals surface area contributed by atoms with Crippen molar-refractivity contribution in [1.29, 1.82) is 0 Å². The van der Waals surface area contributed by atoms with Gasteiger partial charge in [0.25, 0.3) is 11.6 Å². The summed E-state index contributed by atoms with van der Waals surface area (Å²) in [6.07, 6.45) is 0. The monoisotopic (exact) mass is 285 g/mol. The molecule has 0 aliphatic rings. The van der Waals surface area contributed by atoms with Crippen LogP contribution in [0.3, 0.4) is 0 Å². The fourth-order valence-electron chi connectivity index (χ4n) is 2.03. The smallest absolute Gasteiger partial charge is 0.270 e. The summed E-state index contributed by atoms with van der Waals surface area (Å²) in [5.41, 5.74) is 1.68. The number of hydrogen-bond acceptors (Lipinski definition) is 4. The Morgan fingerprint density at radius 2 is 1.90 bits per heavy atom. The molecule has 2 rings (SSSR count). The molecular formula is C15H15N3O3. The minimum absolute atomic E-state index is 0.101. The third kappa shape index (κ3) is 3.00. The van der Waals surface area contributed by atoms with Crippen LogP contribution in [0, 0.1) is 10.1 Å². The molecule has 0 bridgehead atoms. The van der Waals surface area contributed by atoms with E-state index in [-0.39, 0.29) is 17.2 Å². The number of non-ortho nitro benzene ring substituents is 1. The molecule has 0 saturated heterocycles. The number of carbonyl (C=O) groups is 1. The van der Waals surface area contributed by atoms with Crippen LogP contribution in [0.25, 0.3) is 0 Å². The van der Waals surface area contributed by atoms with E-state index in [1.807, 2.05) is 18.2 Å². The summed E-state index contributed by atoms with van der Waals surface area (Å²) in [6, 6.07) is 13.1. The minimum Gasteiger partial charge on any atom is -0.386 e.